The van der Waals surface area contributed by atoms with Gasteiger partial charge in [0, 0.05) is 5.41 Å². The van der Waals surface area contributed by atoms with Crippen LogP contribution in [0.4, 0.5) is 0 Å². The van der Waals surface area contributed by atoms with E-state index in [2.05, 4.69) is 20.8 Å². The molecule has 4 fully saturated rings. The average Bonchev–Trinajstić information content (AvgIpc) is 2.84. The third kappa shape index (κ3) is 1.52. The third-order valence-corrected chi connectivity index (χ3v) is 7.55. The monoisotopic (exact) mass is 262 g/mol. The summed E-state index contributed by atoms with van der Waals surface area (Å²) < 4.78 is 6.00. The second-order valence-electron chi connectivity index (χ2n) is 8.46. The van der Waals surface area contributed by atoms with Crippen LogP contribution in [0.5, 0.6) is 0 Å². The zero-order valence-electron chi connectivity index (χ0n) is 12.4. The van der Waals surface area contributed by atoms with Gasteiger partial charge in [-0.05, 0) is 61.7 Å². The van der Waals surface area contributed by atoms with Gasteiger partial charge in [0.05, 0.1) is 5.92 Å². The molecule has 2 heteroatoms. The van der Waals surface area contributed by atoms with Gasteiger partial charge in [0.15, 0.2) is 0 Å². The summed E-state index contributed by atoms with van der Waals surface area (Å²) in [7, 11) is 0. The van der Waals surface area contributed by atoms with E-state index in [0.717, 1.165) is 37.0 Å². The molecule has 0 heterocycles. The molecular formula is C17H26O2. The maximum atomic E-state index is 12.4. The van der Waals surface area contributed by atoms with Crippen molar-refractivity contribution in [2.24, 2.45) is 34.5 Å². The highest BCUT2D eigenvalue weighted by molar-refractivity contribution is 5.73. The third-order valence-electron chi connectivity index (χ3n) is 7.55. The van der Waals surface area contributed by atoms with Gasteiger partial charge in [-0.3, -0.25) is 4.79 Å². The Bertz CT molecular complexity index is 417. The summed E-state index contributed by atoms with van der Waals surface area (Å²) in [5.41, 5.74) is 0.560. The van der Waals surface area contributed by atoms with Crippen LogP contribution in [0.25, 0.3) is 0 Å². The summed E-state index contributed by atoms with van der Waals surface area (Å²) >= 11 is 0. The smallest absolute Gasteiger partial charge is 0.309 e. The van der Waals surface area contributed by atoms with E-state index in [0.29, 0.717) is 5.41 Å². The molecule has 5 atom stereocenters. The van der Waals surface area contributed by atoms with Gasteiger partial charge >= 0.3 is 5.97 Å². The van der Waals surface area contributed by atoms with E-state index in [9.17, 15) is 4.79 Å². The normalized spacial score (nSPS) is 53.1. The second-order valence-corrected chi connectivity index (χ2v) is 8.46. The van der Waals surface area contributed by atoms with Crippen LogP contribution in [0.15, 0.2) is 0 Å². The molecule has 5 unspecified atom stereocenters. The molecule has 4 aliphatic carbocycles. The predicted molar refractivity (Wildman–Crippen MR) is 73.4 cm³/mol. The van der Waals surface area contributed by atoms with Gasteiger partial charge in [-0.1, -0.05) is 20.8 Å². The fourth-order valence-electron chi connectivity index (χ4n) is 5.45. The highest BCUT2D eigenvalue weighted by atomic mass is 16.5. The van der Waals surface area contributed by atoms with Crippen molar-refractivity contribution in [3.8, 4) is 0 Å². The van der Waals surface area contributed by atoms with Crippen LogP contribution < -0.4 is 0 Å². The van der Waals surface area contributed by atoms with E-state index >= 15 is 0 Å². The van der Waals surface area contributed by atoms with Crippen molar-refractivity contribution in [1.82, 2.24) is 0 Å². The van der Waals surface area contributed by atoms with E-state index in [1.54, 1.807) is 0 Å². The molecule has 4 saturated carbocycles. The van der Waals surface area contributed by atoms with Crippen molar-refractivity contribution in [3.63, 3.8) is 0 Å². The first kappa shape index (κ1) is 12.2. The topological polar surface area (TPSA) is 26.3 Å². The van der Waals surface area contributed by atoms with Crippen molar-refractivity contribution in [1.29, 1.82) is 0 Å². The van der Waals surface area contributed by atoms with Crippen LogP contribution in [0, 0.1) is 34.5 Å². The van der Waals surface area contributed by atoms with Gasteiger partial charge in [-0.25, -0.2) is 0 Å². The van der Waals surface area contributed by atoms with Crippen LogP contribution in [-0.2, 0) is 9.53 Å². The summed E-state index contributed by atoms with van der Waals surface area (Å²) in [6, 6.07) is 0. The minimum Gasteiger partial charge on any atom is -0.462 e. The Morgan fingerprint density at radius 3 is 2.26 bits per heavy atom. The molecule has 0 aromatic carbocycles. The van der Waals surface area contributed by atoms with Crippen molar-refractivity contribution < 1.29 is 9.53 Å². The molecular weight excluding hydrogens is 236 g/mol. The van der Waals surface area contributed by atoms with Gasteiger partial charge in [-0.2, -0.15) is 0 Å². The maximum absolute atomic E-state index is 12.4. The summed E-state index contributed by atoms with van der Waals surface area (Å²) in [6.07, 6.45) is 7.45. The quantitative estimate of drug-likeness (QED) is 0.708. The first-order valence-electron chi connectivity index (χ1n) is 8.12. The lowest BCUT2D eigenvalue weighted by molar-refractivity contribution is -0.162. The van der Waals surface area contributed by atoms with Crippen molar-refractivity contribution in [3.05, 3.63) is 0 Å². The fourth-order valence-corrected chi connectivity index (χ4v) is 5.45. The summed E-state index contributed by atoms with van der Waals surface area (Å²) in [5.74, 6) is 2.85. The van der Waals surface area contributed by atoms with Gasteiger partial charge in [0.25, 0.3) is 0 Å². The lowest BCUT2D eigenvalue weighted by Crippen LogP contribution is -2.39. The van der Waals surface area contributed by atoms with E-state index < -0.39 is 0 Å². The molecule has 0 aliphatic heterocycles. The number of hydrogen-bond donors (Lipinski definition) is 0. The molecule has 0 N–H and O–H groups in total. The Hall–Kier alpha value is -0.530. The molecule has 0 spiro atoms. The van der Waals surface area contributed by atoms with Gasteiger partial charge in [0.2, 0.25) is 0 Å². The van der Waals surface area contributed by atoms with E-state index in [1.165, 1.54) is 19.3 Å². The number of carbonyl (C=O) groups excluding carboxylic acids is 1. The molecule has 0 aromatic heterocycles. The van der Waals surface area contributed by atoms with Gasteiger partial charge in [-0.15, -0.1) is 0 Å². The Morgan fingerprint density at radius 1 is 1.05 bits per heavy atom. The Balaban J connectivity index is 1.45. The van der Waals surface area contributed by atoms with Crippen LogP contribution >= 0.6 is 0 Å². The molecule has 0 radical (unpaired) electrons. The van der Waals surface area contributed by atoms with Crippen molar-refractivity contribution in [2.75, 3.05) is 0 Å². The summed E-state index contributed by atoms with van der Waals surface area (Å²) in [6.45, 7) is 7.11. The molecule has 106 valence electrons. The summed E-state index contributed by atoms with van der Waals surface area (Å²) in [4.78, 5) is 12.4. The molecule has 19 heavy (non-hydrogen) atoms. The molecule has 2 nitrogen and oxygen atoms in total. The summed E-state index contributed by atoms with van der Waals surface area (Å²) in [5, 5.41) is 0. The number of rotatable bonds is 2. The maximum Gasteiger partial charge on any atom is 0.309 e. The molecule has 0 aromatic rings. The number of ether oxygens (including phenoxy) is 1. The Labute approximate surface area is 116 Å². The van der Waals surface area contributed by atoms with Crippen LogP contribution in [0.3, 0.4) is 0 Å². The first-order chi connectivity index (χ1) is 8.92. The van der Waals surface area contributed by atoms with Crippen LogP contribution in [-0.4, -0.2) is 12.1 Å². The van der Waals surface area contributed by atoms with Crippen molar-refractivity contribution in [2.45, 2.75) is 65.4 Å². The predicted octanol–water partition coefficient (Wildman–Crippen LogP) is 3.79. The average molecular weight is 262 g/mol. The number of esters is 1. The fraction of sp³-hybridized carbons (Fsp3) is 0.941. The largest absolute Gasteiger partial charge is 0.462 e. The Morgan fingerprint density at radius 2 is 1.74 bits per heavy atom. The van der Waals surface area contributed by atoms with Gasteiger partial charge < -0.3 is 4.74 Å². The molecule has 2 bridgehead atoms. The van der Waals surface area contributed by atoms with Gasteiger partial charge in [0.1, 0.15) is 6.10 Å². The highest BCUT2D eigenvalue weighted by Crippen LogP contribution is 2.66. The minimum atomic E-state index is 0.127. The van der Waals surface area contributed by atoms with Crippen LogP contribution in [0.2, 0.25) is 0 Å². The molecule has 4 rings (SSSR count). The molecule has 4 aliphatic rings. The lowest BCUT2D eigenvalue weighted by atomic mass is 9.70. The first-order valence-corrected chi connectivity index (χ1v) is 8.12. The standard InChI is InChI=1S/C17H26O2/c1-16(2)13-4-5-17(16,3)14(9-13)19-15(18)12-7-10-6-11(10)8-12/h10-14H,4-9H2,1-3H3. The SMILES string of the molecule is CC1(C)C2CCC1(C)C(OC(=O)C1CC3CC3C1)C2. The number of fused-ring (bicyclic) bond motifs is 3. The second kappa shape index (κ2) is 3.56. The highest BCUT2D eigenvalue weighted by Gasteiger charge is 2.63. The molecule has 0 amide bonds. The lowest BCUT2D eigenvalue weighted by Gasteiger charge is -2.38. The zero-order chi connectivity index (χ0) is 13.4. The Kier molecular flexibility index (Phi) is 2.29. The van der Waals surface area contributed by atoms with E-state index in [4.69, 9.17) is 4.74 Å². The number of hydrogen-bond acceptors (Lipinski definition) is 2. The van der Waals surface area contributed by atoms with E-state index in [1.807, 2.05) is 0 Å². The van der Waals surface area contributed by atoms with Crippen molar-refractivity contribution >= 4 is 5.97 Å². The number of carbonyl (C=O) groups is 1. The minimum absolute atomic E-state index is 0.127. The van der Waals surface area contributed by atoms with Crippen LogP contribution in [0.1, 0.15) is 59.3 Å². The van der Waals surface area contributed by atoms with E-state index in [-0.39, 0.29) is 23.4 Å². The zero-order valence-corrected chi connectivity index (χ0v) is 12.4. The molecule has 0 saturated heterocycles.